The molecule has 1 amide bonds. The molecule has 2 atom stereocenters. The molecule has 1 aliphatic heterocycles. The van der Waals surface area contributed by atoms with Crippen molar-refractivity contribution in [3.63, 3.8) is 0 Å². The molecule has 4 N–H and O–H groups in total. The van der Waals surface area contributed by atoms with Crippen LogP contribution in [0.2, 0.25) is 0 Å². The molecular weight excluding hydrogens is 376 g/mol. The molecule has 3 aromatic rings. The van der Waals surface area contributed by atoms with E-state index in [0.717, 1.165) is 13.0 Å². The number of carbonyl (C=O) groups excluding carboxylic acids is 1. The Morgan fingerprint density at radius 2 is 2.17 bits per heavy atom. The highest BCUT2D eigenvalue weighted by Gasteiger charge is 2.29. The van der Waals surface area contributed by atoms with Crippen LogP contribution in [0.25, 0.3) is 11.2 Å². The van der Waals surface area contributed by atoms with Crippen molar-refractivity contribution in [1.82, 2.24) is 19.9 Å². The molecule has 4 heterocycles. The van der Waals surface area contributed by atoms with E-state index in [2.05, 4.69) is 37.1 Å². The van der Waals surface area contributed by atoms with E-state index in [-0.39, 0.29) is 17.6 Å². The fraction of sp³-hybridized carbons (Fsp3) is 0.333. The van der Waals surface area contributed by atoms with E-state index in [1.165, 1.54) is 24.8 Å². The van der Waals surface area contributed by atoms with Gasteiger partial charge in [-0.3, -0.25) is 14.9 Å². The summed E-state index contributed by atoms with van der Waals surface area (Å²) in [7, 11) is 0. The number of nitrogens with zero attached hydrogens (tertiary/aromatic N) is 5. The first-order valence-electron chi connectivity index (χ1n) is 9.18. The fourth-order valence-electron chi connectivity index (χ4n) is 3.66. The van der Waals surface area contributed by atoms with Gasteiger partial charge in [-0.1, -0.05) is 6.92 Å². The van der Waals surface area contributed by atoms with E-state index < -0.39 is 10.8 Å². The van der Waals surface area contributed by atoms with Crippen LogP contribution in [0.1, 0.15) is 23.7 Å². The van der Waals surface area contributed by atoms with Crippen molar-refractivity contribution in [2.75, 3.05) is 23.3 Å². The Morgan fingerprint density at radius 1 is 1.34 bits per heavy atom. The Hall–Kier alpha value is -3.76. The number of imidazole rings is 1. The van der Waals surface area contributed by atoms with Crippen LogP contribution in [-0.2, 0) is 0 Å². The van der Waals surface area contributed by atoms with Crippen molar-refractivity contribution < 1.29 is 9.72 Å². The van der Waals surface area contributed by atoms with Gasteiger partial charge >= 0.3 is 0 Å². The molecule has 3 aromatic heterocycles. The number of H-pyrrole nitrogens is 1. The van der Waals surface area contributed by atoms with E-state index in [1.807, 2.05) is 0 Å². The molecule has 11 heteroatoms. The Balaban J connectivity index is 1.52. The highest BCUT2D eigenvalue weighted by molar-refractivity contribution is 6.04. The number of anilines is 2. The summed E-state index contributed by atoms with van der Waals surface area (Å²) in [5.41, 5.74) is 7.58. The highest BCUT2D eigenvalue weighted by atomic mass is 16.6. The number of nitrogens with one attached hydrogen (secondary N) is 2. The van der Waals surface area contributed by atoms with E-state index in [9.17, 15) is 14.9 Å². The molecule has 0 saturated carbocycles. The number of pyridine rings is 2. The van der Waals surface area contributed by atoms with E-state index in [0.29, 0.717) is 34.8 Å². The largest absolute Gasteiger partial charge is 0.379 e. The van der Waals surface area contributed by atoms with Crippen molar-refractivity contribution in [2.24, 2.45) is 11.7 Å². The van der Waals surface area contributed by atoms with Gasteiger partial charge in [0, 0.05) is 31.4 Å². The second-order valence-electron chi connectivity index (χ2n) is 7.11. The van der Waals surface area contributed by atoms with Gasteiger partial charge in [-0.2, -0.15) is 0 Å². The highest BCUT2D eigenvalue weighted by Crippen LogP contribution is 2.29. The van der Waals surface area contributed by atoms with Gasteiger partial charge < -0.3 is 20.9 Å². The summed E-state index contributed by atoms with van der Waals surface area (Å²) in [5.74, 6) is 0.364. The maximum absolute atomic E-state index is 11.9. The second kappa shape index (κ2) is 7.34. The zero-order chi connectivity index (χ0) is 20.5. The fourth-order valence-corrected chi connectivity index (χ4v) is 3.66. The number of amides is 1. The standard InChI is InChI=1S/C18H20N8O3/c1-10-8-25(14-3-2-11(6-20-14)26(28)29)5-4-13(10)24-15-12(17(19)27)7-21-18-16(15)22-9-23-18/h2-3,6-7,9-10,13H,4-5,8H2,1H3,(H2,19,27)(H2,21,22,23,24). The minimum Gasteiger partial charge on any atom is -0.379 e. The average Bonchev–Trinajstić information content (AvgIpc) is 3.18. The summed E-state index contributed by atoms with van der Waals surface area (Å²) < 4.78 is 0. The number of rotatable bonds is 5. The molecule has 1 saturated heterocycles. The maximum Gasteiger partial charge on any atom is 0.287 e. The van der Waals surface area contributed by atoms with E-state index in [1.54, 1.807) is 6.07 Å². The van der Waals surface area contributed by atoms with Crippen LogP contribution in [0.5, 0.6) is 0 Å². The molecule has 150 valence electrons. The zero-order valence-electron chi connectivity index (χ0n) is 15.7. The Labute approximate surface area is 165 Å². The van der Waals surface area contributed by atoms with Crippen molar-refractivity contribution in [2.45, 2.75) is 19.4 Å². The van der Waals surface area contributed by atoms with Crippen LogP contribution < -0.4 is 16.0 Å². The third-order valence-electron chi connectivity index (χ3n) is 5.22. The lowest BCUT2D eigenvalue weighted by Gasteiger charge is -2.38. The Bertz CT molecular complexity index is 1060. The lowest BCUT2D eigenvalue weighted by molar-refractivity contribution is -0.385. The summed E-state index contributed by atoms with van der Waals surface area (Å²) >= 11 is 0. The minimum absolute atomic E-state index is 0.0291. The molecule has 2 unspecified atom stereocenters. The molecule has 0 spiro atoms. The monoisotopic (exact) mass is 396 g/mol. The Morgan fingerprint density at radius 3 is 2.83 bits per heavy atom. The van der Waals surface area contributed by atoms with Gasteiger partial charge in [0.1, 0.15) is 17.5 Å². The van der Waals surface area contributed by atoms with Crippen molar-refractivity contribution >= 4 is 34.3 Å². The van der Waals surface area contributed by atoms with Crippen LogP contribution >= 0.6 is 0 Å². The van der Waals surface area contributed by atoms with Crippen LogP contribution in [0.3, 0.4) is 0 Å². The van der Waals surface area contributed by atoms with Crippen molar-refractivity contribution in [1.29, 1.82) is 0 Å². The second-order valence-corrected chi connectivity index (χ2v) is 7.11. The van der Waals surface area contributed by atoms with Gasteiger partial charge in [0.25, 0.3) is 11.6 Å². The molecule has 11 nitrogen and oxygen atoms in total. The lowest BCUT2D eigenvalue weighted by Crippen LogP contribution is -2.45. The summed E-state index contributed by atoms with van der Waals surface area (Å²) in [6.45, 7) is 3.53. The number of primary amides is 1. The number of nitrogens with two attached hydrogens (primary N) is 1. The number of aromatic nitrogens is 4. The van der Waals surface area contributed by atoms with Gasteiger partial charge in [0.2, 0.25) is 0 Å². The van der Waals surface area contributed by atoms with Gasteiger partial charge in [0.15, 0.2) is 5.65 Å². The smallest absolute Gasteiger partial charge is 0.287 e. The van der Waals surface area contributed by atoms with Crippen molar-refractivity contribution in [3.05, 3.63) is 46.5 Å². The molecule has 1 fully saturated rings. The van der Waals surface area contributed by atoms with Crippen LogP contribution in [-0.4, -0.2) is 49.9 Å². The van der Waals surface area contributed by atoms with Crippen LogP contribution in [0.15, 0.2) is 30.9 Å². The molecule has 0 radical (unpaired) electrons. The first kappa shape index (κ1) is 18.6. The van der Waals surface area contributed by atoms with Crippen molar-refractivity contribution in [3.8, 4) is 0 Å². The lowest BCUT2D eigenvalue weighted by atomic mass is 9.93. The molecule has 4 rings (SSSR count). The predicted molar refractivity (Wildman–Crippen MR) is 107 cm³/mol. The van der Waals surface area contributed by atoms with Gasteiger partial charge in [-0.15, -0.1) is 0 Å². The molecule has 29 heavy (non-hydrogen) atoms. The molecular formula is C18H20N8O3. The number of piperidine rings is 1. The minimum atomic E-state index is -0.559. The quantitative estimate of drug-likeness (QED) is 0.434. The van der Waals surface area contributed by atoms with E-state index >= 15 is 0 Å². The number of nitro groups is 1. The summed E-state index contributed by atoms with van der Waals surface area (Å²) in [4.78, 5) is 39.8. The number of aromatic amines is 1. The molecule has 1 aliphatic rings. The van der Waals surface area contributed by atoms with E-state index in [4.69, 9.17) is 5.73 Å². The summed E-state index contributed by atoms with van der Waals surface area (Å²) in [6, 6.07) is 3.22. The third kappa shape index (κ3) is 3.53. The number of carbonyl (C=O) groups is 1. The van der Waals surface area contributed by atoms with Crippen LogP contribution in [0, 0.1) is 16.0 Å². The van der Waals surface area contributed by atoms with Crippen LogP contribution in [0.4, 0.5) is 17.2 Å². The molecule has 0 aromatic carbocycles. The first-order chi connectivity index (χ1) is 13.9. The first-order valence-corrected chi connectivity index (χ1v) is 9.18. The molecule has 0 bridgehead atoms. The normalized spacial score (nSPS) is 19.3. The Kier molecular flexibility index (Phi) is 4.71. The maximum atomic E-state index is 11.9. The van der Waals surface area contributed by atoms with Gasteiger partial charge in [0.05, 0.1) is 22.5 Å². The summed E-state index contributed by atoms with van der Waals surface area (Å²) in [5, 5.41) is 14.3. The number of hydrogen-bond acceptors (Lipinski definition) is 8. The third-order valence-corrected chi connectivity index (χ3v) is 5.22. The predicted octanol–water partition coefficient (Wildman–Crippen LogP) is 1.69. The summed E-state index contributed by atoms with van der Waals surface area (Å²) in [6.07, 6.45) is 5.03. The topological polar surface area (TPSA) is 156 Å². The number of fused-ring (bicyclic) bond motifs is 1. The van der Waals surface area contributed by atoms with Gasteiger partial charge in [-0.05, 0) is 18.4 Å². The molecule has 0 aliphatic carbocycles. The SMILES string of the molecule is CC1CN(c2ccc([N+](=O)[O-])cn2)CCC1Nc1c(C(N)=O)cnc2nc[nH]c12. The average molecular weight is 396 g/mol. The zero-order valence-corrected chi connectivity index (χ0v) is 15.7. The number of hydrogen-bond donors (Lipinski definition) is 3. The van der Waals surface area contributed by atoms with Gasteiger partial charge in [-0.25, -0.2) is 15.0 Å².